The number of nitrogens with one attached hydrogen (secondary N) is 1. The number of ether oxygens (including phenoxy) is 1. The van der Waals surface area contributed by atoms with E-state index in [-0.39, 0.29) is 18.0 Å². The molecule has 0 radical (unpaired) electrons. The zero-order valence-corrected chi connectivity index (χ0v) is 12.8. The molecule has 0 saturated carbocycles. The molecule has 0 aliphatic carbocycles. The number of hydrogen-bond donors (Lipinski definition) is 1. The highest BCUT2D eigenvalue weighted by atomic mass is 32.1. The van der Waals surface area contributed by atoms with Crippen molar-refractivity contribution in [2.45, 2.75) is 46.5 Å². The normalized spacial score (nSPS) is 12.3. The second-order valence-corrected chi connectivity index (χ2v) is 6.12. The van der Waals surface area contributed by atoms with Crippen LogP contribution in [0.4, 0.5) is 13.2 Å². The number of thiazole rings is 1. The van der Waals surface area contributed by atoms with Gasteiger partial charge in [0.25, 0.3) is 0 Å². The van der Waals surface area contributed by atoms with Crippen LogP contribution < -0.4 is 5.32 Å². The van der Waals surface area contributed by atoms with Crippen LogP contribution in [-0.2, 0) is 24.1 Å². The van der Waals surface area contributed by atoms with Gasteiger partial charge in [-0.3, -0.25) is 0 Å². The van der Waals surface area contributed by atoms with Crippen LogP contribution in [0.15, 0.2) is 0 Å². The summed E-state index contributed by atoms with van der Waals surface area (Å²) in [4.78, 5) is 3.91. The van der Waals surface area contributed by atoms with Crippen molar-refractivity contribution in [1.82, 2.24) is 10.3 Å². The van der Waals surface area contributed by atoms with E-state index in [1.165, 1.54) is 0 Å². The maximum atomic E-state index is 12.9. The maximum Gasteiger partial charge on any atom is 0.434 e. The molecule has 1 aromatic rings. The van der Waals surface area contributed by atoms with Gasteiger partial charge in [0.2, 0.25) is 0 Å². The number of alkyl halides is 3. The standard InChI is InChI=1S/C13H21F3N2OS/c1-4-5-19-8-11-18-12(13(14,15)16)10(20-11)7-17-6-9(2)3/h9,17H,4-8H2,1-3H3. The van der Waals surface area contributed by atoms with Crippen molar-refractivity contribution < 1.29 is 17.9 Å². The predicted molar refractivity (Wildman–Crippen MR) is 73.6 cm³/mol. The fraction of sp³-hybridized carbons (Fsp3) is 0.769. The third-order valence-electron chi connectivity index (χ3n) is 2.42. The summed E-state index contributed by atoms with van der Waals surface area (Å²) in [6.07, 6.45) is -3.57. The fourth-order valence-electron chi connectivity index (χ4n) is 1.58. The SMILES string of the molecule is CCCOCc1nc(C(F)(F)F)c(CNCC(C)C)s1. The lowest BCUT2D eigenvalue weighted by atomic mass is 10.2. The van der Waals surface area contributed by atoms with Crippen LogP contribution in [0.25, 0.3) is 0 Å². The number of nitrogens with zero attached hydrogens (tertiary/aromatic N) is 1. The Morgan fingerprint density at radius 2 is 2.05 bits per heavy atom. The summed E-state index contributed by atoms with van der Waals surface area (Å²) in [5, 5.41) is 3.41. The average Bonchev–Trinajstić information content (AvgIpc) is 2.72. The van der Waals surface area contributed by atoms with Crippen LogP contribution in [0, 0.1) is 5.92 Å². The average molecular weight is 310 g/mol. The lowest BCUT2D eigenvalue weighted by molar-refractivity contribution is -0.141. The van der Waals surface area contributed by atoms with Crippen molar-refractivity contribution in [2.24, 2.45) is 5.92 Å². The molecule has 0 unspecified atom stereocenters. The fourth-order valence-corrected chi connectivity index (χ4v) is 2.58. The van der Waals surface area contributed by atoms with Gasteiger partial charge >= 0.3 is 6.18 Å². The van der Waals surface area contributed by atoms with Crippen LogP contribution >= 0.6 is 11.3 Å². The van der Waals surface area contributed by atoms with Crippen molar-refractivity contribution in [3.8, 4) is 0 Å². The zero-order valence-electron chi connectivity index (χ0n) is 12.0. The van der Waals surface area contributed by atoms with Crippen LogP contribution in [0.1, 0.15) is 42.8 Å². The molecule has 1 aromatic heterocycles. The molecule has 7 heteroatoms. The molecular formula is C13H21F3N2OS. The zero-order chi connectivity index (χ0) is 15.2. The lowest BCUT2D eigenvalue weighted by Gasteiger charge is -2.08. The van der Waals surface area contributed by atoms with E-state index in [2.05, 4.69) is 10.3 Å². The molecule has 3 nitrogen and oxygen atoms in total. The van der Waals surface area contributed by atoms with Gasteiger partial charge in [-0.25, -0.2) is 4.98 Å². The van der Waals surface area contributed by atoms with E-state index in [0.717, 1.165) is 17.8 Å². The Morgan fingerprint density at radius 3 is 2.60 bits per heavy atom. The van der Waals surface area contributed by atoms with E-state index in [4.69, 9.17) is 4.74 Å². The summed E-state index contributed by atoms with van der Waals surface area (Å²) < 4.78 is 44.0. The molecule has 0 bridgehead atoms. The Balaban J connectivity index is 2.73. The highest BCUT2D eigenvalue weighted by Gasteiger charge is 2.37. The quantitative estimate of drug-likeness (QED) is 0.741. The summed E-state index contributed by atoms with van der Waals surface area (Å²) in [5.41, 5.74) is -0.783. The molecule has 1 heterocycles. The third kappa shape index (κ3) is 5.76. The number of rotatable bonds is 8. The van der Waals surface area contributed by atoms with Gasteiger partial charge in [0.1, 0.15) is 5.01 Å². The van der Waals surface area contributed by atoms with Gasteiger partial charge in [-0.1, -0.05) is 20.8 Å². The van der Waals surface area contributed by atoms with E-state index in [9.17, 15) is 13.2 Å². The first-order chi connectivity index (χ1) is 9.34. The maximum absolute atomic E-state index is 12.9. The van der Waals surface area contributed by atoms with Crippen molar-refractivity contribution >= 4 is 11.3 Å². The van der Waals surface area contributed by atoms with E-state index in [1.54, 1.807) is 0 Å². The molecule has 1 rings (SSSR count). The minimum atomic E-state index is -4.41. The molecule has 20 heavy (non-hydrogen) atoms. The number of hydrogen-bond acceptors (Lipinski definition) is 4. The molecule has 0 spiro atoms. The summed E-state index contributed by atoms with van der Waals surface area (Å²) in [7, 11) is 0. The second kappa shape index (κ2) is 7.95. The Morgan fingerprint density at radius 1 is 1.35 bits per heavy atom. The smallest absolute Gasteiger partial charge is 0.374 e. The van der Waals surface area contributed by atoms with Gasteiger partial charge in [0.15, 0.2) is 5.69 Å². The van der Waals surface area contributed by atoms with Crippen molar-refractivity contribution in [3.63, 3.8) is 0 Å². The minimum absolute atomic E-state index is 0.145. The van der Waals surface area contributed by atoms with E-state index in [0.29, 0.717) is 24.1 Å². The largest absolute Gasteiger partial charge is 0.434 e. The Bertz CT molecular complexity index is 405. The van der Waals surface area contributed by atoms with Crippen LogP contribution in [0.2, 0.25) is 0 Å². The van der Waals surface area contributed by atoms with Gasteiger partial charge < -0.3 is 10.1 Å². The van der Waals surface area contributed by atoms with Gasteiger partial charge in [-0.15, -0.1) is 11.3 Å². The molecule has 0 aromatic carbocycles. The molecule has 1 N–H and O–H groups in total. The molecule has 116 valence electrons. The lowest BCUT2D eigenvalue weighted by Crippen LogP contribution is -2.20. The van der Waals surface area contributed by atoms with Gasteiger partial charge in [0.05, 0.1) is 11.5 Å². The topological polar surface area (TPSA) is 34.1 Å². The molecule has 0 amide bonds. The molecular weight excluding hydrogens is 289 g/mol. The van der Waals surface area contributed by atoms with Crippen LogP contribution in [0.3, 0.4) is 0 Å². The summed E-state index contributed by atoms with van der Waals surface area (Å²) in [5.74, 6) is 0.393. The first kappa shape index (κ1) is 17.4. The highest BCUT2D eigenvalue weighted by molar-refractivity contribution is 7.11. The van der Waals surface area contributed by atoms with Gasteiger partial charge in [-0.2, -0.15) is 13.2 Å². The molecule has 0 fully saturated rings. The molecule has 0 saturated heterocycles. The molecule has 0 aliphatic heterocycles. The second-order valence-electron chi connectivity index (χ2n) is 4.95. The molecule has 0 atom stereocenters. The summed E-state index contributed by atoms with van der Waals surface area (Å²) in [6.45, 7) is 7.51. The van der Waals surface area contributed by atoms with E-state index >= 15 is 0 Å². The van der Waals surface area contributed by atoms with Gasteiger partial charge in [-0.05, 0) is 18.9 Å². The van der Waals surface area contributed by atoms with E-state index in [1.807, 2.05) is 20.8 Å². The third-order valence-corrected chi connectivity index (χ3v) is 3.45. The summed E-state index contributed by atoms with van der Waals surface area (Å²) >= 11 is 1.07. The van der Waals surface area contributed by atoms with Crippen LogP contribution in [-0.4, -0.2) is 18.1 Å². The van der Waals surface area contributed by atoms with Crippen molar-refractivity contribution in [2.75, 3.05) is 13.2 Å². The Hall–Kier alpha value is -0.660. The highest BCUT2D eigenvalue weighted by Crippen LogP contribution is 2.34. The summed E-state index contributed by atoms with van der Waals surface area (Å²) in [6, 6.07) is 0. The molecule has 0 aliphatic rings. The van der Waals surface area contributed by atoms with E-state index < -0.39 is 11.9 Å². The number of halogens is 3. The Kier molecular flexibility index (Phi) is 6.91. The van der Waals surface area contributed by atoms with Crippen molar-refractivity contribution in [1.29, 1.82) is 0 Å². The number of aromatic nitrogens is 1. The van der Waals surface area contributed by atoms with Crippen molar-refractivity contribution in [3.05, 3.63) is 15.6 Å². The first-order valence-electron chi connectivity index (χ1n) is 6.68. The Labute approximate surface area is 121 Å². The first-order valence-corrected chi connectivity index (χ1v) is 7.50. The predicted octanol–water partition coefficient (Wildman–Crippen LogP) is 3.83. The van der Waals surface area contributed by atoms with Gasteiger partial charge in [0, 0.05) is 13.2 Å². The van der Waals surface area contributed by atoms with Crippen LogP contribution in [0.5, 0.6) is 0 Å². The monoisotopic (exact) mass is 310 g/mol. The minimum Gasteiger partial charge on any atom is -0.374 e.